The van der Waals surface area contributed by atoms with Crippen molar-refractivity contribution in [3.05, 3.63) is 59.2 Å². The van der Waals surface area contributed by atoms with Gasteiger partial charge in [-0.05, 0) is 43.2 Å². The second kappa shape index (κ2) is 7.97. The van der Waals surface area contributed by atoms with Gasteiger partial charge in [-0.1, -0.05) is 0 Å². The number of carbonyl (C=O) groups is 1. The van der Waals surface area contributed by atoms with Gasteiger partial charge in [0.05, 0.1) is 17.3 Å². The van der Waals surface area contributed by atoms with E-state index in [4.69, 9.17) is 11.0 Å². The van der Waals surface area contributed by atoms with Crippen LogP contribution in [0, 0.1) is 11.3 Å². The molecule has 1 spiro atoms. The number of anilines is 1. The molecule has 3 aromatic heterocycles. The molecule has 0 saturated carbocycles. The third-order valence-corrected chi connectivity index (χ3v) is 6.66. The highest BCUT2D eigenvalue weighted by Crippen LogP contribution is 2.44. The fourth-order valence-electron chi connectivity index (χ4n) is 4.73. The number of alkyl halides is 3. The first-order valence-electron chi connectivity index (χ1n) is 10.9. The molecule has 0 unspecified atom stereocenters. The molecule has 12 heteroatoms. The molecule has 5 rings (SSSR count). The van der Waals surface area contributed by atoms with Crippen LogP contribution in [0.4, 0.5) is 23.8 Å². The quantitative estimate of drug-likeness (QED) is 0.590. The molecule has 0 aromatic carbocycles. The Morgan fingerprint density at radius 2 is 2.06 bits per heavy atom. The van der Waals surface area contributed by atoms with Crippen molar-refractivity contribution in [2.24, 2.45) is 0 Å². The minimum Gasteiger partial charge on any atom is -0.383 e. The molecule has 2 amide bonds. The molecule has 3 aromatic rings. The number of aryl methyl sites for hydroxylation is 1. The lowest BCUT2D eigenvalue weighted by atomic mass is 9.76. The number of nitriles is 1. The topological polar surface area (TPSA) is 126 Å². The smallest absolute Gasteiger partial charge is 0.383 e. The van der Waals surface area contributed by atoms with Gasteiger partial charge in [0.25, 0.3) is 0 Å². The van der Waals surface area contributed by atoms with Gasteiger partial charge in [-0.15, -0.1) is 0 Å². The van der Waals surface area contributed by atoms with Crippen LogP contribution in [0.25, 0.3) is 11.3 Å². The largest absolute Gasteiger partial charge is 0.419 e. The van der Waals surface area contributed by atoms with Gasteiger partial charge in [-0.25, -0.2) is 14.8 Å². The number of urea groups is 1. The molecule has 9 nitrogen and oxygen atoms in total. The highest BCUT2D eigenvalue weighted by Gasteiger charge is 2.51. The summed E-state index contributed by atoms with van der Waals surface area (Å²) < 4.78 is 41.5. The molecule has 3 N–H and O–H groups in total. The first-order valence-corrected chi connectivity index (χ1v) is 10.9. The van der Waals surface area contributed by atoms with Crippen LogP contribution in [-0.2, 0) is 18.1 Å². The average molecular weight is 482 g/mol. The van der Waals surface area contributed by atoms with E-state index < -0.39 is 17.6 Å². The van der Waals surface area contributed by atoms with E-state index in [2.05, 4.69) is 20.4 Å². The number of nitrogen functional groups attached to an aromatic ring is 1. The number of amides is 2. The first kappa shape index (κ1) is 22.6. The zero-order valence-corrected chi connectivity index (χ0v) is 18.7. The number of nitrogens with two attached hydrogens (primary N) is 1. The van der Waals surface area contributed by atoms with E-state index in [0.29, 0.717) is 25.3 Å². The number of aromatic nitrogens is 4. The Hall–Kier alpha value is -4.14. The minimum absolute atomic E-state index is 0.228. The van der Waals surface area contributed by atoms with E-state index in [-0.39, 0.29) is 28.7 Å². The van der Waals surface area contributed by atoms with Crippen molar-refractivity contribution in [1.82, 2.24) is 30.0 Å². The number of likely N-dealkylation sites (tertiary alicyclic amines) is 1. The highest BCUT2D eigenvalue weighted by molar-refractivity contribution is 5.76. The van der Waals surface area contributed by atoms with Gasteiger partial charge in [-0.3, -0.25) is 4.68 Å². The molecule has 1 fully saturated rings. The third-order valence-electron chi connectivity index (χ3n) is 6.66. The van der Waals surface area contributed by atoms with Gasteiger partial charge < -0.3 is 16.0 Å². The Labute approximate surface area is 198 Å². The number of nitrogens with one attached hydrogen (secondary N) is 1. The Bertz CT molecular complexity index is 1350. The summed E-state index contributed by atoms with van der Waals surface area (Å²) >= 11 is 0. The summed E-state index contributed by atoms with van der Waals surface area (Å²) in [6.45, 7) is 3.40. The van der Waals surface area contributed by atoms with Crippen molar-refractivity contribution in [2.45, 2.75) is 37.5 Å². The summed E-state index contributed by atoms with van der Waals surface area (Å²) in [6, 6.07) is 7.57. The van der Waals surface area contributed by atoms with E-state index in [9.17, 15) is 18.0 Å². The van der Waals surface area contributed by atoms with E-state index in [1.165, 1.54) is 12.4 Å². The van der Waals surface area contributed by atoms with Crippen LogP contribution in [0.15, 0.2) is 36.7 Å². The summed E-state index contributed by atoms with van der Waals surface area (Å²) in [6.07, 6.45) is -1.00. The Morgan fingerprint density at radius 3 is 2.77 bits per heavy atom. The summed E-state index contributed by atoms with van der Waals surface area (Å²) in [5, 5.41) is 16.4. The Balaban J connectivity index is 1.29. The number of nitrogens with zero attached hydrogens (tertiary/aromatic N) is 6. The summed E-state index contributed by atoms with van der Waals surface area (Å²) in [7, 11) is 0. The number of hydrogen-bond acceptors (Lipinski definition) is 6. The highest BCUT2D eigenvalue weighted by atomic mass is 19.4. The third kappa shape index (κ3) is 3.92. The van der Waals surface area contributed by atoms with Gasteiger partial charge in [0.2, 0.25) is 0 Å². The summed E-state index contributed by atoms with van der Waals surface area (Å²) in [5.41, 5.74) is 6.71. The zero-order chi connectivity index (χ0) is 25.0. The number of halogens is 3. The second-order valence-corrected chi connectivity index (χ2v) is 8.94. The number of hydrogen-bond donors (Lipinski definition) is 2. The molecule has 0 aliphatic carbocycles. The van der Waals surface area contributed by atoms with Crippen molar-refractivity contribution in [1.29, 1.82) is 5.26 Å². The Kier molecular flexibility index (Phi) is 5.16. The maximum Gasteiger partial charge on any atom is 0.419 e. The normalized spacial score (nSPS) is 16.9. The summed E-state index contributed by atoms with van der Waals surface area (Å²) in [4.78, 5) is 22.1. The maximum absolute atomic E-state index is 13.2. The molecule has 5 heterocycles. The fraction of sp³-hybridized carbons (Fsp3) is 0.348. The lowest BCUT2D eigenvalue weighted by molar-refractivity contribution is -0.137. The van der Waals surface area contributed by atoms with Crippen molar-refractivity contribution >= 4 is 11.8 Å². The molecule has 180 valence electrons. The molecule has 1 saturated heterocycles. The van der Waals surface area contributed by atoms with Crippen molar-refractivity contribution in [3.63, 3.8) is 0 Å². The van der Waals surface area contributed by atoms with Gasteiger partial charge >= 0.3 is 12.2 Å². The van der Waals surface area contributed by atoms with Crippen LogP contribution >= 0.6 is 0 Å². The number of carbonyl (C=O) groups excluding carboxylic acids is 1. The molecule has 0 bridgehead atoms. The van der Waals surface area contributed by atoms with E-state index in [0.717, 1.165) is 23.7 Å². The van der Waals surface area contributed by atoms with Crippen LogP contribution in [0.1, 0.15) is 41.9 Å². The minimum atomic E-state index is -4.61. The number of rotatable bonds is 3. The van der Waals surface area contributed by atoms with Crippen LogP contribution in [0.5, 0.6) is 0 Å². The predicted molar refractivity (Wildman–Crippen MR) is 119 cm³/mol. The number of fused-ring (bicyclic) bond motifs is 2. The Morgan fingerprint density at radius 1 is 1.29 bits per heavy atom. The molecule has 2 aliphatic rings. The van der Waals surface area contributed by atoms with Gasteiger partial charge in [0, 0.05) is 48.7 Å². The SMILES string of the molecule is C[C@@H](NC(=O)N1CC2(CCn3nc(-c4cnc(N)c(C(F)(F)F)c4)cc32)C1)c1ccnc(C#N)c1. The van der Waals surface area contributed by atoms with E-state index >= 15 is 0 Å². The lowest BCUT2D eigenvalue weighted by Crippen LogP contribution is -2.62. The molecule has 2 aliphatic heterocycles. The fourth-order valence-corrected chi connectivity index (χ4v) is 4.73. The molecule has 0 radical (unpaired) electrons. The molecular formula is C23H21F3N8O. The standard InChI is InChI=1S/C23H21F3N8O/c1-13(14-2-4-29-16(6-14)9-27)31-21(35)33-11-22(12-33)3-5-34-19(22)8-18(32-34)15-7-17(23(24,25)26)20(28)30-10-15/h2,4,6-8,10,13H,3,5,11-12H2,1H3,(H2,28,30)(H,31,35)/t13-/m1/s1. The maximum atomic E-state index is 13.2. The predicted octanol–water partition coefficient (Wildman–Crippen LogP) is 3.24. The average Bonchev–Trinajstić information content (AvgIpc) is 3.37. The molecule has 1 atom stereocenters. The summed E-state index contributed by atoms with van der Waals surface area (Å²) in [5.74, 6) is -0.574. The van der Waals surface area contributed by atoms with Gasteiger partial charge in [0.15, 0.2) is 0 Å². The van der Waals surface area contributed by atoms with Crippen molar-refractivity contribution in [2.75, 3.05) is 18.8 Å². The second-order valence-electron chi connectivity index (χ2n) is 8.94. The van der Waals surface area contributed by atoms with Crippen LogP contribution in [-0.4, -0.2) is 43.8 Å². The number of pyridine rings is 2. The van der Waals surface area contributed by atoms with E-state index in [1.54, 1.807) is 27.8 Å². The first-order chi connectivity index (χ1) is 16.6. The van der Waals surface area contributed by atoms with Crippen molar-refractivity contribution < 1.29 is 18.0 Å². The van der Waals surface area contributed by atoms with Crippen molar-refractivity contribution in [3.8, 4) is 17.3 Å². The molecule has 35 heavy (non-hydrogen) atoms. The van der Waals surface area contributed by atoms with Gasteiger partial charge in [-0.2, -0.15) is 23.5 Å². The lowest BCUT2D eigenvalue weighted by Gasteiger charge is -2.47. The molecular weight excluding hydrogens is 461 g/mol. The van der Waals surface area contributed by atoms with Crippen LogP contribution in [0.2, 0.25) is 0 Å². The van der Waals surface area contributed by atoms with Crippen LogP contribution < -0.4 is 11.1 Å². The van der Waals surface area contributed by atoms with Crippen LogP contribution in [0.3, 0.4) is 0 Å². The zero-order valence-electron chi connectivity index (χ0n) is 18.7. The van der Waals surface area contributed by atoms with E-state index in [1.807, 2.05) is 13.0 Å². The monoisotopic (exact) mass is 482 g/mol. The van der Waals surface area contributed by atoms with Gasteiger partial charge in [0.1, 0.15) is 17.6 Å².